The highest BCUT2D eigenvalue weighted by molar-refractivity contribution is 5.87. The summed E-state index contributed by atoms with van der Waals surface area (Å²) >= 11 is 0. The smallest absolute Gasteiger partial charge is 0.163 e. The molecule has 3 unspecified atom stereocenters. The number of ether oxygens (including phenoxy) is 1. The lowest BCUT2D eigenvalue weighted by molar-refractivity contribution is -0.127. The third-order valence-electron chi connectivity index (χ3n) is 8.66. The van der Waals surface area contributed by atoms with E-state index in [4.69, 9.17) is 16.2 Å². The first-order valence-electron chi connectivity index (χ1n) is 16.3. The van der Waals surface area contributed by atoms with Gasteiger partial charge in [0.25, 0.3) is 0 Å². The average Bonchev–Trinajstić information content (AvgIpc) is 3.59. The summed E-state index contributed by atoms with van der Waals surface area (Å²) in [5, 5.41) is 31.6. The molecule has 244 valence electrons. The SMILES string of the molecule is CCCCCC(C(=O)CCc1ccc(O)c(OCN2C=C3N=CC(Cc4cccc(C(N)N)c4)=C3C2)c1)C(O)CC(O)CCC. The molecule has 2 aliphatic rings. The Morgan fingerprint density at radius 1 is 1.04 bits per heavy atom. The zero-order valence-corrected chi connectivity index (χ0v) is 26.7. The van der Waals surface area contributed by atoms with Gasteiger partial charge in [0.1, 0.15) is 5.78 Å². The number of aliphatic imine (C=N–C) groups is 1. The number of ketones is 1. The predicted octanol–water partition coefficient (Wildman–Crippen LogP) is 5.04. The zero-order valence-electron chi connectivity index (χ0n) is 26.7. The lowest BCUT2D eigenvalue weighted by Gasteiger charge is -2.24. The van der Waals surface area contributed by atoms with Gasteiger partial charge in [-0.3, -0.25) is 9.79 Å². The molecule has 0 saturated carbocycles. The van der Waals surface area contributed by atoms with Crippen LogP contribution in [-0.4, -0.2) is 57.7 Å². The Labute approximate surface area is 267 Å². The number of hydrogen-bond acceptors (Lipinski definition) is 9. The zero-order chi connectivity index (χ0) is 32.3. The van der Waals surface area contributed by atoms with Crippen LogP contribution in [0.2, 0.25) is 0 Å². The maximum atomic E-state index is 13.3. The highest BCUT2D eigenvalue weighted by atomic mass is 16.5. The maximum absolute atomic E-state index is 13.3. The fraction of sp³-hybridized carbons (Fsp3) is 0.500. The standard InChI is InChI=1S/C36H50N4O5/c1-3-5-6-11-29(34(44)19-28(41)8-4-2)32(42)14-12-24-13-15-33(43)35(18-24)45-23-40-21-30-27(20-39-31(30)22-40)17-25-9-7-10-26(16-25)36(37)38/h7,9-10,13,15-16,18,20,22,28-29,34,36,41,43-44H,3-6,8,11-12,14,17,19,21,23,37-38H2,1-2H3. The number of benzene rings is 2. The number of aliphatic hydroxyl groups is 2. The fourth-order valence-electron chi connectivity index (χ4n) is 6.06. The predicted molar refractivity (Wildman–Crippen MR) is 178 cm³/mol. The van der Waals surface area contributed by atoms with Crippen molar-refractivity contribution in [3.8, 4) is 11.5 Å². The number of phenols is 1. The molecule has 0 bridgehead atoms. The summed E-state index contributed by atoms with van der Waals surface area (Å²) in [6.07, 6.45) is 8.58. The van der Waals surface area contributed by atoms with Crippen LogP contribution in [0.5, 0.6) is 11.5 Å². The largest absolute Gasteiger partial charge is 0.504 e. The summed E-state index contributed by atoms with van der Waals surface area (Å²) in [4.78, 5) is 19.9. The molecule has 3 atom stereocenters. The molecule has 9 heteroatoms. The van der Waals surface area contributed by atoms with Crippen molar-refractivity contribution in [1.29, 1.82) is 0 Å². The molecule has 2 aliphatic heterocycles. The van der Waals surface area contributed by atoms with Crippen molar-refractivity contribution >= 4 is 12.0 Å². The van der Waals surface area contributed by atoms with Gasteiger partial charge in [0.15, 0.2) is 18.2 Å². The molecule has 2 aromatic rings. The maximum Gasteiger partial charge on any atom is 0.163 e. The van der Waals surface area contributed by atoms with Crippen molar-refractivity contribution in [2.45, 2.75) is 96.4 Å². The molecule has 0 saturated heterocycles. The van der Waals surface area contributed by atoms with Crippen LogP contribution >= 0.6 is 0 Å². The number of carbonyl (C=O) groups excluding carboxylic acids is 1. The first kappa shape index (κ1) is 34.4. The normalized spacial score (nSPS) is 16.2. The number of Topliss-reactive ketones (excluding diaryl/α,β-unsaturated/α-hetero) is 1. The molecule has 0 amide bonds. The van der Waals surface area contributed by atoms with Gasteiger partial charge in [-0.2, -0.15) is 0 Å². The topological polar surface area (TPSA) is 155 Å². The average molecular weight is 619 g/mol. The highest BCUT2D eigenvalue weighted by Gasteiger charge is 2.28. The third-order valence-corrected chi connectivity index (χ3v) is 8.66. The summed E-state index contributed by atoms with van der Waals surface area (Å²) < 4.78 is 6.02. The quantitative estimate of drug-likeness (QED) is 0.108. The number of aromatic hydroxyl groups is 1. The van der Waals surface area contributed by atoms with Crippen molar-refractivity contribution in [2.75, 3.05) is 13.3 Å². The van der Waals surface area contributed by atoms with Crippen molar-refractivity contribution in [3.63, 3.8) is 0 Å². The van der Waals surface area contributed by atoms with E-state index in [-0.39, 0.29) is 31.1 Å². The third kappa shape index (κ3) is 9.74. The second-order valence-corrected chi connectivity index (χ2v) is 12.4. The van der Waals surface area contributed by atoms with E-state index in [1.165, 1.54) is 0 Å². The number of phenolic OH excluding ortho intramolecular Hbond substituents is 1. The summed E-state index contributed by atoms with van der Waals surface area (Å²) in [5.74, 6) is -0.0889. The minimum Gasteiger partial charge on any atom is -0.504 e. The Bertz CT molecular complexity index is 1390. The molecule has 0 radical (unpaired) electrons. The van der Waals surface area contributed by atoms with Crippen molar-refractivity contribution in [1.82, 2.24) is 4.90 Å². The molecular weight excluding hydrogens is 568 g/mol. The van der Waals surface area contributed by atoms with Gasteiger partial charge in [0.05, 0.1) is 24.1 Å². The number of aliphatic hydroxyl groups excluding tert-OH is 2. The van der Waals surface area contributed by atoms with E-state index in [0.717, 1.165) is 65.6 Å². The number of hydrogen-bond donors (Lipinski definition) is 5. The molecule has 0 aromatic heterocycles. The highest BCUT2D eigenvalue weighted by Crippen LogP contribution is 2.33. The van der Waals surface area contributed by atoms with Crippen LogP contribution in [0, 0.1) is 5.92 Å². The number of nitrogens with zero attached hydrogens (tertiary/aromatic N) is 2. The van der Waals surface area contributed by atoms with E-state index in [2.05, 4.69) is 18.0 Å². The van der Waals surface area contributed by atoms with Crippen LogP contribution in [0.3, 0.4) is 0 Å². The molecule has 2 aromatic carbocycles. The van der Waals surface area contributed by atoms with Crippen LogP contribution in [0.4, 0.5) is 0 Å². The summed E-state index contributed by atoms with van der Waals surface area (Å²) in [6, 6.07) is 13.1. The lowest BCUT2D eigenvalue weighted by atomic mass is 9.85. The number of nitrogens with two attached hydrogens (primary N) is 2. The van der Waals surface area contributed by atoms with E-state index in [1.807, 2.05) is 42.4 Å². The molecule has 7 N–H and O–H groups in total. The van der Waals surface area contributed by atoms with E-state index in [9.17, 15) is 20.1 Å². The Hall–Kier alpha value is -3.50. The van der Waals surface area contributed by atoms with Crippen molar-refractivity contribution in [3.05, 3.63) is 82.2 Å². The molecule has 0 aliphatic carbocycles. The van der Waals surface area contributed by atoms with E-state index in [1.54, 1.807) is 18.2 Å². The van der Waals surface area contributed by atoms with Gasteiger partial charge in [0.2, 0.25) is 0 Å². The van der Waals surface area contributed by atoms with Gasteiger partial charge in [-0.1, -0.05) is 69.9 Å². The van der Waals surface area contributed by atoms with Crippen molar-refractivity contribution < 1.29 is 24.9 Å². The Morgan fingerprint density at radius 2 is 1.87 bits per heavy atom. The van der Waals surface area contributed by atoms with Gasteiger partial charge in [-0.05, 0) is 66.5 Å². The molecule has 9 nitrogen and oxygen atoms in total. The minimum absolute atomic E-state index is 0.00955. The number of rotatable bonds is 19. The van der Waals surface area contributed by atoms with Gasteiger partial charge in [0, 0.05) is 36.9 Å². The van der Waals surface area contributed by atoms with Crippen molar-refractivity contribution in [2.24, 2.45) is 22.4 Å². The molecular formula is C36H50N4O5. The number of allylic oxidation sites excluding steroid dienone is 1. The summed E-state index contributed by atoms with van der Waals surface area (Å²) in [6.45, 7) is 4.98. The number of fused-ring (bicyclic) bond motifs is 1. The van der Waals surface area contributed by atoms with E-state index >= 15 is 0 Å². The summed E-state index contributed by atoms with van der Waals surface area (Å²) in [7, 11) is 0. The van der Waals surface area contributed by atoms with Crippen LogP contribution in [0.25, 0.3) is 0 Å². The molecule has 0 spiro atoms. The van der Waals surface area contributed by atoms with Gasteiger partial charge < -0.3 is 36.4 Å². The second-order valence-electron chi connectivity index (χ2n) is 12.4. The minimum atomic E-state index is -0.849. The Kier molecular flexibility index (Phi) is 12.8. The molecule has 4 rings (SSSR count). The summed E-state index contributed by atoms with van der Waals surface area (Å²) in [5.41, 5.74) is 17.8. The van der Waals surface area contributed by atoms with Crippen LogP contribution in [0.1, 0.15) is 88.1 Å². The first-order valence-corrected chi connectivity index (χ1v) is 16.3. The molecule has 0 fully saturated rings. The number of carbonyl (C=O) groups is 1. The lowest BCUT2D eigenvalue weighted by Crippen LogP contribution is -2.32. The van der Waals surface area contributed by atoms with Crippen LogP contribution in [0.15, 0.2) is 70.5 Å². The van der Waals surface area contributed by atoms with Gasteiger partial charge >= 0.3 is 0 Å². The van der Waals surface area contributed by atoms with Crippen LogP contribution in [-0.2, 0) is 17.6 Å². The Balaban J connectivity index is 1.33. The second kappa shape index (κ2) is 16.7. The first-order chi connectivity index (χ1) is 21.7. The van der Waals surface area contributed by atoms with E-state index in [0.29, 0.717) is 31.6 Å². The van der Waals surface area contributed by atoms with Gasteiger partial charge in [-0.25, -0.2) is 0 Å². The Morgan fingerprint density at radius 3 is 2.62 bits per heavy atom. The number of aryl methyl sites for hydroxylation is 1. The van der Waals surface area contributed by atoms with Gasteiger partial charge in [-0.15, -0.1) is 0 Å². The van der Waals surface area contributed by atoms with E-state index < -0.39 is 24.3 Å². The molecule has 45 heavy (non-hydrogen) atoms. The monoisotopic (exact) mass is 618 g/mol. The van der Waals surface area contributed by atoms with Crippen LogP contribution < -0.4 is 16.2 Å². The molecule has 2 heterocycles. The number of unbranched alkanes of at least 4 members (excludes halogenated alkanes) is 2. The fourth-order valence-corrected chi connectivity index (χ4v) is 6.06.